The van der Waals surface area contributed by atoms with Crippen LogP contribution in [0.4, 0.5) is 0 Å². The molecule has 1 aromatic carbocycles. The Kier molecular flexibility index (Phi) is 3.65. The number of aryl methyl sites for hydroxylation is 1. The number of hydrogen-bond donors (Lipinski definition) is 0. The summed E-state index contributed by atoms with van der Waals surface area (Å²) in [7, 11) is 1.64. The van der Waals surface area contributed by atoms with Crippen LogP contribution in [0.3, 0.4) is 0 Å². The minimum absolute atomic E-state index is 0.0975. The van der Waals surface area contributed by atoms with Gasteiger partial charge < -0.3 is 9.47 Å². The second kappa shape index (κ2) is 5.21. The van der Waals surface area contributed by atoms with E-state index in [1.807, 2.05) is 39.0 Å². The van der Waals surface area contributed by atoms with E-state index in [2.05, 4.69) is 9.97 Å². The van der Waals surface area contributed by atoms with Crippen molar-refractivity contribution in [2.24, 2.45) is 0 Å². The molecule has 4 heteroatoms. The Labute approximate surface area is 107 Å². The molecule has 1 aromatic heterocycles. The maximum absolute atomic E-state index is 5.70. The predicted octanol–water partition coefficient (Wildman–Crippen LogP) is 2.99. The highest BCUT2D eigenvalue weighted by Gasteiger charge is 2.10. The molecule has 0 spiro atoms. The van der Waals surface area contributed by atoms with Gasteiger partial charge in [-0.3, -0.25) is 0 Å². The van der Waals surface area contributed by atoms with Gasteiger partial charge in [-0.2, -0.15) is 0 Å². The van der Waals surface area contributed by atoms with Gasteiger partial charge in [-0.1, -0.05) is 6.92 Å². The van der Waals surface area contributed by atoms with Gasteiger partial charge in [-0.15, -0.1) is 0 Å². The van der Waals surface area contributed by atoms with Crippen LogP contribution in [-0.4, -0.2) is 23.2 Å². The normalized spacial score (nSPS) is 10.9. The van der Waals surface area contributed by atoms with Crippen LogP contribution in [0.5, 0.6) is 11.6 Å². The molecule has 0 amide bonds. The first-order valence-electron chi connectivity index (χ1n) is 6.15. The van der Waals surface area contributed by atoms with Crippen LogP contribution < -0.4 is 9.47 Å². The summed E-state index contributed by atoms with van der Waals surface area (Å²) in [5.74, 6) is 1.42. The van der Waals surface area contributed by atoms with Crippen LogP contribution in [0, 0.1) is 0 Å². The maximum atomic E-state index is 5.70. The molecule has 0 fully saturated rings. The van der Waals surface area contributed by atoms with E-state index in [9.17, 15) is 0 Å². The fraction of sp³-hybridized carbons (Fsp3) is 0.429. The molecule has 18 heavy (non-hydrogen) atoms. The molecule has 96 valence electrons. The molecule has 4 nitrogen and oxygen atoms in total. The number of benzene rings is 1. The largest absolute Gasteiger partial charge is 0.497 e. The molecule has 2 aromatic rings. The van der Waals surface area contributed by atoms with Gasteiger partial charge in [0.1, 0.15) is 11.4 Å². The predicted molar refractivity (Wildman–Crippen MR) is 71.2 cm³/mol. The molecule has 0 aliphatic heterocycles. The summed E-state index contributed by atoms with van der Waals surface area (Å²) in [5.41, 5.74) is 2.54. The minimum Gasteiger partial charge on any atom is -0.497 e. The third kappa shape index (κ3) is 2.53. The van der Waals surface area contributed by atoms with Crippen LogP contribution in [0.15, 0.2) is 18.2 Å². The Morgan fingerprint density at radius 2 is 1.94 bits per heavy atom. The third-order valence-electron chi connectivity index (χ3n) is 2.59. The van der Waals surface area contributed by atoms with Crippen molar-refractivity contribution in [1.82, 2.24) is 9.97 Å². The molecule has 0 N–H and O–H groups in total. The number of ether oxygens (including phenoxy) is 2. The number of hydrogen-bond acceptors (Lipinski definition) is 4. The standard InChI is InChI=1S/C14H18N2O2/c1-5-11-14(18-9(2)3)16-12-7-6-10(17-4)8-13(12)15-11/h6-9H,5H2,1-4H3. The molecule has 0 unspecified atom stereocenters. The Morgan fingerprint density at radius 3 is 2.56 bits per heavy atom. The lowest BCUT2D eigenvalue weighted by molar-refractivity contribution is 0.230. The van der Waals surface area contributed by atoms with E-state index in [0.717, 1.165) is 28.9 Å². The molecule has 0 atom stereocenters. The molecule has 0 saturated carbocycles. The SMILES string of the molecule is CCc1nc2cc(OC)ccc2nc1OC(C)C. The van der Waals surface area contributed by atoms with Gasteiger partial charge >= 0.3 is 0 Å². The average Bonchev–Trinajstić information content (AvgIpc) is 2.36. The van der Waals surface area contributed by atoms with Crippen molar-refractivity contribution >= 4 is 11.0 Å². The topological polar surface area (TPSA) is 44.2 Å². The van der Waals surface area contributed by atoms with Crippen LogP contribution in [0.25, 0.3) is 11.0 Å². The van der Waals surface area contributed by atoms with Gasteiger partial charge in [0, 0.05) is 6.07 Å². The average molecular weight is 246 g/mol. The highest BCUT2D eigenvalue weighted by Crippen LogP contribution is 2.23. The summed E-state index contributed by atoms with van der Waals surface area (Å²) in [5, 5.41) is 0. The van der Waals surface area contributed by atoms with E-state index in [-0.39, 0.29) is 6.10 Å². The highest BCUT2D eigenvalue weighted by atomic mass is 16.5. The molecule has 1 heterocycles. The number of fused-ring (bicyclic) bond motifs is 1. The molecule has 0 bridgehead atoms. The summed E-state index contributed by atoms with van der Waals surface area (Å²) in [4.78, 5) is 9.11. The second-order valence-corrected chi connectivity index (χ2v) is 4.35. The Bertz CT molecular complexity index is 553. The van der Waals surface area contributed by atoms with Gasteiger partial charge in [0.15, 0.2) is 0 Å². The lowest BCUT2D eigenvalue weighted by Crippen LogP contribution is -2.10. The number of rotatable bonds is 4. The van der Waals surface area contributed by atoms with Crippen LogP contribution >= 0.6 is 0 Å². The zero-order chi connectivity index (χ0) is 13.1. The van der Waals surface area contributed by atoms with E-state index in [4.69, 9.17) is 9.47 Å². The monoisotopic (exact) mass is 246 g/mol. The first-order chi connectivity index (χ1) is 8.63. The van der Waals surface area contributed by atoms with Crippen molar-refractivity contribution in [1.29, 1.82) is 0 Å². The van der Waals surface area contributed by atoms with Gasteiger partial charge in [0.05, 0.1) is 24.2 Å². The molecule has 2 rings (SSSR count). The Balaban J connectivity index is 2.53. The van der Waals surface area contributed by atoms with Crippen LogP contribution in [-0.2, 0) is 6.42 Å². The van der Waals surface area contributed by atoms with E-state index in [1.165, 1.54) is 0 Å². The Morgan fingerprint density at radius 1 is 1.17 bits per heavy atom. The molecule has 0 aliphatic carbocycles. The van der Waals surface area contributed by atoms with E-state index >= 15 is 0 Å². The van der Waals surface area contributed by atoms with E-state index in [1.54, 1.807) is 7.11 Å². The quantitative estimate of drug-likeness (QED) is 0.832. The van der Waals surface area contributed by atoms with Crippen molar-refractivity contribution < 1.29 is 9.47 Å². The van der Waals surface area contributed by atoms with Crippen molar-refractivity contribution in [2.45, 2.75) is 33.3 Å². The molecule has 0 saturated heterocycles. The smallest absolute Gasteiger partial charge is 0.236 e. The summed E-state index contributed by atoms with van der Waals surface area (Å²) in [6.45, 7) is 6.02. The number of aromatic nitrogens is 2. The van der Waals surface area contributed by atoms with Crippen LogP contribution in [0.2, 0.25) is 0 Å². The first-order valence-corrected chi connectivity index (χ1v) is 6.15. The fourth-order valence-electron chi connectivity index (χ4n) is 1.73. The second-order valence-electron chi connectivity index (χ2n) is 4.35. The summed E-state index contributed by atoms with van der Waals surface area (Å²) >= 11 is 0. The molecular formula is C14H18N2O2. The van der Waals surface area contributed by atoms with Crippen molar-refractivity contribution in [3.05, 3.63) is 23.9 Å². The first kappa shape index (κ1) is 12.6. The summed E-state index contributed by atoms with van der Waals surface area (Å²) < 4.78 is 10.9. The van der Waals surface area contributed by atoms with Gasteiger partial charge in [-0.25, -0.2) is 9.97 Å². The molecular weight excluding hydrogens is 228 g/mol. The highest BCUT2D eigenvalue weighted by molar-refractivity contribution is 5.76. The zero-order valence-corrected chi connectivity index (χ0v) is 11.2. The Hall–Kier alpha value is -1.84. The number of methoxy groups -OCH3 is 1. The van der Waals surface area contributed by atoms with Gasteiger partial charge in [0.2, 0.25) is 5.88 Å². The lowest BCUT2D eigenvalue weighted by Gasteiger charge is -2.12. The fourth-order valence-corrected chi connectivity index (χ4v) is 1.73. The van der Waals surface area contributed by atoms with Gasteiger partial charge in [-0.05, 0) is 32.4 Å². The zero-order valence-electron chi connectivity index (χ0n) is 11.2. The van der Waals surface area contributed by atoms with Crippen molar-refractivity contribution in [3.8, 4) is 11.6 Å². The van der Waals surface area contributed by atoms with Crippen molar-refractivity contribution in [2.75, 3.05) is 7.11 Å². The lowest BCUT2D eigenvalue weighted by atomic mass is 10.2. The molecule has 0 aliphatic rings. The summed E-state index contributed by atoms with van der Waals surface area (Å²) in [6, 6.07) is 5.66. The number of nitrogens with zero attached hydrogens (tertiary/aromatic N) is 2. The maximum Gasteiger partial charge on any atom is 0.236 e. The van der Waals surface area contributed by atoms with Gasteiger partial charge in [0.25, 0.3) is 0 Å². The third-order valence-corrected chi connectivity index (χ3v) is 2.59. The molecule has 0 radical (unpaired) electrons. The van der Waals surface area contributed by atoms with Crippen LogP contribution in [0.1, 0.15) is 26.5 Å². The summed E-state index contributed by atoms with van der Waals surface area (Å²) in [6.07, 6.45) is 0.891. The van der Waals surface area contributed by atoms with Crippen molar-refractivity contribution in [3.63, 3.8) is 0 Å². The van der Waals surface area contributed by atoms with E-state index < -0.39 is 0 Å². The van der Waals surface area contributed by atoms with E-state index in [0.29, 0.717) is 5.88 Å². The minimum atomic E-state index is 0.0975.